The first-order chi connectivity index (χ1) is 8.15. The van der Waals surface area contributed by atoms with Crippen LogP contribution in [0.2, 0.25) is 0 Å². The molecule has 0 heterocycles. The van der Waals surface area contributed by atoms with Gasteiger partial charge in [-0.15, -0.1) is 0 Å². The lowest BCUT2D eigenvalue weighted by Crippen LogP contribution is -2.33. The number of alkyl halides is 1. The van der Waals surface area contributed by atoms with Crippen LogP contribution in [-0.2, 0) is 4.74 Å². The zero-order chi connectivity index (χ0) is 14.0. The smallest absolute Gasteiger partial charge is 0.0622 e. The molecule has 0 radical (unpaired) electrons. The van der Waals surface area contributed by atoms with Crippen LogP contribution in [0.3, 0.4) is 0 Å². The second-order valence-corrected chi connectivity index (χ2v) is 8.83. The molecule has 0 N–H and O–H groups in total. The predicted octanol–water partition coefficient (Wildman–Crippen LogP) is 5.42. The summed E-state index contributed by atoms with van der Waals surface area (Å²) in [5.74, 6) is 1.69. The van der Waals surface area contributed by atoms with E-state index >= 15 is 0 Å². The summed E-state index contributed by atoms with van der Waals surface area (Å²) in [4.78, 5) is 0.712. The van der Waals surface area contributed by atoms with Crippen LogP contribution in [-0.4, -0.2) is 17.5 Å². The maximum absolute atomic E-state index is 5.54. The van der Waals surface area contributed by atoms with Crippen molar-refractivity contribution in [3.63, 3.8) is 0 Å². The molecule has 1 rings (SSSR count). The molecule has 0 amide bonds. The van der Waals surface area contributed by atoms with Gasteiger partial charge in [0.25, 0.3) is 0 Å². The molecule has 0 aromatic carbocycles. The van der Waals surface area contributed by atoms with Crippen LogP contribution in [0.5, 0.6) is 0 Å². The largest absolute Gasteiger partial charge is 0.379 e. The van der Waals surface area contributed by atoms with E-state index in [0.717, 1.165) is 18.3 Å². The average Bonchev–Trinajstić information content (AvgIpc) is 2.26. The molecular formula is C16H31BrO. The van der Waals surface area contributed by atoms with Crippen LogP contribution in [0.15, 0.2) is 0 Å². The Balaban J connectivity index is 2.53. The van der Waals surface area contributed by atoms with Gasteiger partial charge in [-0.3, -0.25) is 0 Å². The molecule has 18 heavy (non-hydrogen) atoms. The third kappa shape index (κ3) is 4.85. The molecule has 2 heteroatoms. The Labute approximate surface area is 122 Å². The lowest BCUT2D eigenvalue weighted by atomic mass is 9.68. The normalized spacial score (nSPS) is 30.5. The second-order valence-electron chi connectivity index (χ2n) is 7.65. The molecule has 1 aliphatic rings. The highest BCUT2D eigenvalue weighted by Gasteiger charge is 2.35. The van der Waals surface area contributed by atoms with Crippen molar-refractivity contribution in [1.82, 2.24) is 0 Å². The van der Waals surface area contributed by atoms with E-state index in [1.54, 1.807) is 0 Å². The Morgan fingerprint density at radius 2 is 1.72 bits per heavy atom. The van der Waals surface area contributed by atoms with E-state index < -0.39 is 0 Å². The maximum atomic E-state index is 5.54. The van der Waals surface area contributed by atoms with Gasteiger partial charge in [0.15, 0.2) is 0 Å². The van der Waals surface area contributed by atoms with Gasteiger partial charge < -0.3 is 4.74 Å². The van der Waals surface area contributed by atoms with E-state index in [0.29, 0.717) is 10.2 Å². The molecule has 1 nitrogen and oxygen atoms in total. The van der Waals surface area contributed by atoms with E-state index in [2.05, 4.69) is 50.5 Å². The molecule has 0 saturated heterocycles. The van der Waals surface area contributed by atoms with Gasteiger partial charge in [-0.25, -0.2) is 0 Å². The highest BCUT2D eigenvalue weighted by molar-refractivity contribution is 9.09. The summed E-state index contributed by atoms with van der Waals surface area (Å²) in [5.41, 5.74) is 0.490. The van der Waals surface area contributed by atoms with Crippen molar-refractivity contribution < 1.29 is 4.74 Å². The van der Waals surface area contributed by atoms with Crippen molar-refractivity contribution in [1.29, 1.82) is 0 Å². The summed E-state index contributed by atoms with van der Waals surface area (Å²) in [7, 11) is 1.82. The summed E-state index contributed by atoms with van der Waals surface area (Å²) in [6, 6.07) is 0. The highest BCUT2D eigenvalue weighted by Crippen LogP contribution is 2.44. The fourth-order valence-corrected chi connectivity index (χ4v) is 3.69. The van der Waals surface area contributed by atoms with Crippen LogP contribution in [0, 0.1) is 17.3 Å². The lowest BCUT2D eigenvalue weighted by molar-refractivity contribution is 0.00704. The number of hydrogen-bond donors (Lipinski definition) is 0. The van der Waals surface area contributed by atoms with Gasteiger partial charge in [0.1, 0.15) is 0 Å². The van der Waals surface area contributed by atoms with Gasteiger partial charge in [-0.05, 0) is 63.2 Å². The van der Waals surface area contributed by atoms with Crippen LogP contribution >= 0.6 is 15.9 Å². The van der Waals surface area contributed by atoms with Crippen molar-refractivity contribution in [2.24, 2.45) is 17.3 Å². The molecule has 0 spiro atoms. The Kier molecular flexibility index (Phi) is 5.74. The minimum atomic E-state index is 0.0292. The van der Waals surface area contributed by atoms with E-state index in [1.807, 2.05) is 7.11 Å². The molecule has 108 valence electrons. The minimum Gasteiger partial charge on any atom is -0.379 e. The molecule has 1 fully saturated rings. The van der Waals surface area contributed by atoms with Crippen LogP contribution in [0.1, 0.15) is 66.7 Å². The zero-order valence-electron chi connectivity index (χ0n) is 13.1. The summed E-state index contributed by atoms with van der Waals surface area (Å²) in [5, 5.41) is 0. The summed E-state index contributed by atoms with van der Waals surface area (Å²) in [6.45, 7) is 11.6. The van der Waals surface area contributed by atoms with Crippen molar-refractivity contribution in [2.45, 2.75) is 77.2 Å². The molecule has 0 aromatic heterocycles. The monoisotopic (exact) mass is 318 g/mol. The lowest BCUT2D eigenvalue weighted by Gasteiger charge is -2.41. The SMILES string of the molecule is COC(C)(C)CCC1CC(C(C)(C)C)CCC1Br. The Morgan fingerprint density at radius 1 is 1.11 bits per heavy atom. The number of hydrogen-bond acceptors (Lipinski definition) is 1. The molecule has 0 aliphatic heterocycles. The van der Waals surface area contributed by atoms with Crippen LogP contribution in [0.25, 0.3) is 0 Å². The number of halogens is 1. The van der Waals surface area contributed by atoms with Crippen molar-refractivity contribution in [2.75, 3.05) is 7.11 Å². The summed E-state index contributed by atoms with van der Waals surface area (Å²) < 4.78 is 5.54. The average molecular weight is 319 g/mol. The van der Waals surface area contributed by atoms with Crippen molar-refractivity contribution in [3.05, 3.63) is 0 Å². The van der Waals surface area contributed by atoms with Crippen molar-refractivity contribution >= 4 is 15.9 Å². The van der Waals surface area contributed by atoms with Gasteiger partial charge >= 0.3 is 0 Å². The van der Waals surface area contributed by atoms with E-state index in [4.69, 9.17) is 4.74 Å². The minimum absolute atomic E-state index is 0.0292. The Bertz CT molecular complexity index is 254. The first-order valence-electron chi connectivity index (χ1n) is 7.35. The number of ether oxygens (including phenoxy) is 1. The van der Waals surface area contributed by atoms with Gasteiger partial charge in [0.05, 0.1) is 5.60 Å². The maximum Gasteiger partial charge on any atom is 0.0622 e. The zero-order valence-corrected chi connectivity index (χ0v) is 14.6. The molecule has 3 atom stereocenters. The van der Waals surface area contributed by atoms with E-state index in [-0.39, 0.29) is 5.60 Å². The molecule has 3 unspecified atom stereocenters. The molecular weight excluding hydrogens is 288 g/mol. The quantitative estimate of drug-likeness (QED) is 0.629. The van der Waals surface area contributed by atoms with Gasteiger partial charge in [0, 0.05) is 11.9 Å². The highest BCUT2D eigenvalue weighted by atomic mass is 79.9. The summed E-state index contributed by atoms with van der Waals surface area (Å²) >= 11 is 3.90. The number of rotatable bonds is 4. The third-order valence-corrected chi connectivity index (χ3v) is 5.99. The fraction of sp³-hybridized carbons (Fsp3) is 1.00. The second kappa shape index (κ2) is 6.26. The van der Waals surface area contributed by atoms with Crippen LogP contribution < -0.4 is 0 Å². The van der Waals surface area contributed by atoms with Gasteiger partial charge in [-0.1, -0.05) is 36.7 Å². The van der Waals surface area contributed by atoms with E-state index in [9.17, 15) is 0 Å². The molecule has 1 aliphatic carbocycles. The van der Waals surface area contributed by atoms with E-state index in [1.165, 1.54) is 25.7 Å². The first-order valence-corrected chi connectivity index (χ1v) is 8.26. The summed E-state index contributed by atoms with van der Waals surface area (Å²) in [6.07, 6.45) is 6.53. The predicted molar refractivity (Wildman–Crippen MR) is 83.3 cm³/mol. The van der Waals surface area contributed by atoms with Gasteiger partial charge in [-0.2, -0.15) is 0 Å². The standard InChI is InChI=1S/C16H31BrO/c1-15(2,3)13-7-8-14(17)12(11-13)9-10-16(4,5)18-6/h12-14H,7-11H2,1-6H3. The molecule has 0 aromatic rings. The Morgan fingerprint density at radius 3 is 2.22 bits per heavy atom. The fourth-order valence-electron chi connectivity index (χ4n) is 2.95. The molecule has 0 bridgehead atoms. The first kappa shape index (κ1) is 16.5. The van der Waals surface area contributed by atoms with Gasteiger partial charge in [0.2, 0.25) is 0 Å². The third-order valence-electron chi connectivity index (χ3n) is 4.78. The number of methoxy groups -OCH3 is 1. The topological polar surface area (TPSA) is 9.23 Å². The van der Waals surface area contributed by atoms with Crippen molar-refractivity contribution in [3.8, 4) is 0 Å². The Hall–Kier alpha value is 0.440. The molecule has 1 saturated carbocycles. The van der Waals surface area contributed by atoms with Crippen LogP contribution in [0.4, 0.5) is 0 Å².